The molecule has 0 bridgehead atoms. The lowest BCUT2D eigenvalue weighted by atomic mass is 9.85. The maximum atomic E-state index is 12.4. The Morgan fingerprint density at radius 3 is 2.55 bits per heavy atom. The van der Waals surface area contributed by atoms with Gasteiger partial charge in [0.25, 0.3) is 0 Å². The van der Waals surface area contributed by atoms with E-state index in [0.29, 0.717) is 10.7 Å². The van der Waals surface area contributed by atoms with Crippen LogP contribution in [0.3, 0.4) is 0 Å². The Kier molecular flexibility index (Phi) is 3.42. The van der Waals surface area contributed by atoms with Gasteiger partial charge in [0.2, 0.25) is 5.91 Å². The molecular weight excluding hydrogens is 278 g/mol. The minimum Gasteiger partial charge on any atom is -0.458 e. The molecule has 1 aromatic rings. The average Bonchev–Trinajstić information content (AvgIpc) is 3.00. The molecule has 1 amide bonds. The van der Waals surface area contributed by atoms with Crippen LogP contribution in [0.4, 0.5) is 5.69 Å². The Labute approximate surface area is 122 Å². The number of rotatable bonds is 2. The highest BCUT2D eigenvalue weighted by Gasteiger charge is 2.53. The van der Waals surface area contributed by atoms with Gasteiger partial charge in [0.1, 0.15) is 5.60 Å². The number of ether oxygens (including phenoxy) is 1. The fourth-order valence-corrected chi connectivity index (χ4v) is 3.34. The molecule has 2 aliphatic rings. The number of carbonyl (C=O) groups is 2. The summed E-state index contributed by atoms with van der Waals surface area (Å²) in [7, 11) is 0. The van der Waals surface area contributed by atoms with Gasteiger partial charge in [0, 0.05) is 10.7 Å². The van der Waals surface area contributed by atoms with Crippen molar-refractivity contribution in [3.63, 3.8) is 0 Å². The van der Waals surface area contributed by atoms with Gasteiger partial charge in [0.15, 0.2) is 0 Å². The van der Waals surface area contributed by atoms with Crippen LogP contribution in [-0.2, 0) is 14.3 Å². The number of benzene rings is 1. The molecule has 1 spiro atoms. The number of esters is 1. The molecule has 1 aliphatic heterocycles. The highest BCUT2D eigenvalue weighted by atomic mass is 35.5. The summed E-state index contributed by atoms with van der Waals surface area (Å²) in [5.74, 6) is -0.781. The molecule has 106 valence electrons. The third-order valence-corrected chi connectivity index (χ3v) is 4.45. The number of amides is 1. The molecule has 1 saturated carbocycles. The van der Waals surface area contributed by atoms with Crippen molar-refractivity contribution in [2.24, 2.45) is 5.92 Å². The van der Waals surface area contributed by atoms with E-state index >= 15 is 0 Å². The summed E-state index contributed by atoms with van der Waals surface area (Å²) >= 11 is 5.82. The lowest BCUT2D eigenvalue weighted by Gasteiger charge is -2.27. The Morgan fingerprint density at radius 1 is 1.25 bits per heavy atom. The van der Waals surface area contributed by atoms with E-state index in [1.165, 1.54) is 0 Å². The van der Waals surface area contributed by atoms with Crippen molar-refractivity contribution < 1.29 is 14.3 Å². The van der Waals surface area contributed by atoms with Crippen LogP contribution in [0.25, 0.3) is 0 Å². The molecule has 5 heteroatoms. The van der Waals surface area contributed by atoms with Crippen molar-refractivity contribution in [2.75, 3.05) is 5.32 Å². The normalized spacial score (nSPS) is 23.9. The Balaban J connectivity index is 1.76. The second-order valence-electron chi connectivity index (χ2n) is 5.50. The Bertz CT molecular complexity index is 535. The van der Waals surface area contributed by atoms with E-state index in [2.05, 4.69) is 5.32 Å². The van der Waals surface area contributed by atoms with Crippen LogP contribution in [0.2, 0.25) is 5.02 Å². The first-order chi connectivity index (χ1) is 9.59. The largest absolute Gasteiger partial charge is 0.458 e. The third kappa shape index (κ3) is 2.40. The lowest BCUT2D eigenvalue weighted by Crippen LogP contribution is -2.39. The van der Waals surface area contributed by atoms with E-state index in [9.17, 15) is 9.59 Å². The molecule has 1 aliphatic carbocycles. The fourth-order valence-electron chi connectivity index (χ4n) is 3.21. The standard InChI is InChI=1S/C15H16ClNO3/c16-10-3-5-11(6-4-10)17-14(19)12-9-13(18)20-15(12)7-1-2-8-15/h3-6,12H,1-2,7-9H2,(H,17,19)/t12-/m1/s1. The van der Waals surface area contributed by atoms with Crippen molar-refractivity contribution >= 4 is 29.2 Å². The van der Waals surface area contributed by atoms with Crippen LogP contribution in [-0.4, -0.2) is 17.5 Å². The van der Waals surface area contributed by atoms with Crippen LogP contribution in [0.15, 0.2) is 24.3 Å². The van der Waals surface area contributed by atoms with Gasteiger partial charge >= 0.3 is 5.97 Å². The molecular formula is C15H16ClNO3. The maximum Gasteiger partial charge on any atom is 0.307 e. The molecule has 1 N–H and O–H groups in total. The van der Waals surface area contributed by atoms with E-state index in [-0.39, 0.29) is 24.2 Å². The van der Waals surface area contributed by atoms with E-state index in [4.69, 9.17) is 16.3 Å². The molecule has 0 unspecified atom stereocenters. The van der Waals surface area contributed by atoms with Gasteiger partial charge in [-0.3, -0.25) is 9.59 Å². The van der Waals surface area contributed by atoms with Crippen molar-refractivity contribution in [3.8, 4) is 0 Å². The number of nitrogens with one attached hydrogen (secondary N) is 1. The van der Waals surface area contributed by atoms with Crippen LogP contribution < -0.4 is 5.32 Å². The maximum absolute atomic E-state index is 12.4. The summed E-state index contributed by atoms with van der Waals surface area (Å²) in [6, 6.07) is 6.94. The molecule has 2 fully saturated rings. The summed E-state index contributed by atoms with van der Waals surface area (Å²) in [6.07, 6.45) is 3.78. The van der Waals surface area contributed by atoms with Crippen molar-refractivity contribution in [2.45, 2.75) is 37.7 Å². The second-order valence-corrected chi connectivity index (χ2v) is 5.94. The zero-order chi connectivity index (χ0) is 14.2. The zero-order valence-corrected chi connectivity index (χ0v) is 11.8. The third-order valence-electron chi connectivity index (χ3n) is 4.20. The first kappa shape index (κ1) is 13.4. The molecule has 4 nitrogen and oxygen atoms in total. The first-order valence-corrected chi connectivity index (χ1v) is 7.25. The summed E-state index contributed by atoms with van der Waals surface area (Å²) < 4.78 is 5.48. The fraction of sp³-hybridized carbons (Fsp3) is 0.467. The number of hydrogen-bond donors (Lipinski definition) is 1. The van der Waals surface area contributed by atoms with Crippen LogP contribution >= 0.6 is 11.6 Å². The average molecular weight is 294 g/mol. The van der Waals surface area contributed by atoms with Crippen LogP contribution in [0, 0.1) is 5.92 Å². The molecule has 1 heterocycles. The quantitative estimate of drug-likeness (QED) is 0.852. The molecule has 20 heavy (non-hydrogen) atoms. The van der Waals surface area contributed by atoms with E-state index < -0.39 is 5.60 Å². The minimum absolute atomic E-state index is 0.139. The van der Waals surface area contributed by atoms with Crippen LogP contribution in [0.1, 0.15) is 32.1 Å². The van der Waals surface area contributed by atoms with Gasteiger partial charge in [-0.25, -0.2) is 0 Å². The van der Waals surface area contributed by atoms with Gasteiger partial charge in [-0.15, -0.1) is 0 Å². The molecule has 0 aromatic heterocycles. The molecule has 1 aromatic carbocycles. The van der Waals surface area contributed by atoms with Crippen molar-refractivity contribution in [1.29, 1.82) is 0 Å². The molecule has 0 radical (unpaired) electrons. The predicted molar refractivity (Wildman–Crippen MR) is 75.5 cm³/mol. The SMILES string of the molecule is O=C1C[C@H](C(=O)Nc2ccc(Cl)cc2)C2(CCCC2)O1. The molecule has 3 rings (SSSR count). The number of halogens is 1. The Hall–Kier alpha value is -1.55. The monoisotopic (exact) mass is 293 g/mol. The number of hydrogen-bond acceptors (Lipinski definition) is 3. The lowest BCUT2D eigenvalue weighted by molar-refractivity contribution is -0.149. The Morgan fingerprint density at radius 2 is 1.90 bits per heavy atom. The van der Waals surface area contributed by atoms with Gasteiger partial charge in [-0.2, -0.15) is 0 Å². The van der Waals surface area contributed by atoms with E-state index in [0.717, 1.165) is 25.7 Å². The van der Waals surface area contributed by atoms with Gasteiger partial charge < -0.3 is 10.1 Å². The second kappa shape index (κ2) is 5.09. The van der Waals surface area contributed by atoms with Crippen molar-refractivity contribution in [1.82, 2.24) is 0 Å². The smallest absolute Gasteiger partial charge is 0.307 e. The number of anilines is 1. The highest BCUT2D eigenvalue weighted by molar-refractivity contribution is 6.30. The summed E-state index contributed by atoms with van der Waals surface area (Å²) in [4.78, 5) is 24.0. The van der Waals surface area contributed by atoms with Gasteiger partial charge in [-0.05, 0) is 49.9 Å². The highest BCUT2D eigenvalue weighted by Crippen LogP contribution is 2.45. The van der Waals surface area contributed by atoms with Gasteiger partial charge in [0.05, 0.1) is 12.3 Å². The van der Waals surface area contributed by atoms with Crippen LogP contribution in [0.5, 0.6) is 0 Å². The summed E-state index contributed by atoms with van der Waals surface area (Å²) in [6.45, 7) is 0. The molecule has 1 atom stereocenters. The zero-order valence-electron chi connectivity index (χ0n) is 11.0. The topological polar surface area (TPSA) is 55.4 Å². The van der Waals surface area contributed by atoms with E-state index in [1.54, 1.807) is 24.3 Å². The molecule has 1 saturated heterocycles. The predicted octanol–water partition coefficient (Wildman–Crippen LogP) is 3.15. The minimum atomic E-state index is -0.562. The summed E-state index contributed by atoms with van der Waals surface area (Å²) in [5.41, 5.74) is 0.125. The first-order valence-electron chi connectivity index (χ1n) is 6.87. The summed E-state index contributed by atoms with van der Waals surface area (Å²) in [5, 5.41) is 3.47. The van der Waals surface area contributed by atoms with E-state index in [1.807, 2.05) is 0 Å². The van der Waals surface area contributed by atoms with Crippen molar-refractivity contribution in [3.05, 3.63) is 29.3 Å². The van der Waals surface area contributed by atoms with Gasteiger partial charge in [-0.1, -0.05) is 11.6 Å². The number of carbonyl (C=O) groups excluding carboxylic acids is 2.